The molecule has 0 aromatic heterocycles. The van der Waals surface area contributed by atoms with Crippen LogP contribution in [0.1, 0.15) is 25.3 Å². The minimum absolute atomic E-state index is 0.0473. The lowest BCUT2D eigenvalue weighted by Crippen LogP contribution is -2.43. The van der Waals surface area contributed by atoms with Crippen molar-refractivity contribution in [2.24, 2.45) is 11.8 Å². The molecule has 142 valence electrons. The van der Waals surface area contributed by atoms with Gasteiger partial charge < -0.3 is 15.5 Å². The first-order chi connectivity index (χ1) is 13.0. The summed E-state index contributed by atoms with van der Waals surface area (Å²) in [4.78, 5) is 26.8. The summed E-state index contributed by atoms with van der Waals surface area (Å²) in [5.41, 5.74) is 2.80. The van der Waals surface area contributed by atoms with Crippen molar-refractivity contribution in [1.82, 2.24) is 4.90 Å². The third-order valence-electron chi connectivity index (χ3n) is 5.29. The van der Waals surface area contributed by atoms with E-state index in [1.807, 2.05) is 73.3 Å². The number of carbonyl (C=O) groups excluding carboxylic acids is 2. The zero-order chi connectivity index (χ0) is 19.2. The van der Waals surface area contributed by atoms with E-state index in [2.05, 4.69) is 10.6 Å². The summed E-state index contributed by atoms with van der Waals surface area (Å²) in [6.07, 6.45) is 1.68. The Balaban J connectivity index is 1.48. The standard InChI is InChI=1S/C22H27N3O2/c1-16-8-10-20(11-9-16)23-21(26)17(2)18-12-14-25(15-13-18)22(27)24-19-6-4-3-5-7-19/h3-11,17-18H,12-15H2,1-2H3,(H,23,26)(H,24,27)/t17-/m1/s1. The molecule has 0 radical (unpaired) electrons. The molecule has 5 heteroatoms. The van der Waals surface area contributed by atoms with E-state index in [1.165, 1.54) is 5.56 Å². The second-order valence-electron chi connectivity index (χ2n) is 7.26. The summed E-state index contributed by atoms with van der Waals surface area (Å²) in [5, 5.41) is 5.92. The van der Waals surface area contributed by atoms with E-state index < -0.39 is 0 Å². The summed E-state index contributed by atoms with van der Waals surface area (Å²) in [6.45, 7) is 5.35. The molecule has 2 aromatic rings. The molecule has 2 N–H and O–H groups in total. The van der Waals surface area contributed by atoms with Crippen LogP contribution >= 0.6 is 0 Å². The summed E-state index contributed by atoms with van der Waals surface area (Å²) >= 11 is 0. The molecule has 1 heterocycles. The molecule has 0 saturated carbocycles. The molecule has 0 bridgehead atoms. The molecule has 3 rings (SSSR count). The molecule has 3 amide bonds. The number of hydrogen-bond acceptors (Lipinski definition) is 2. The monoisotopic (exact) mass is 365 g/mol. The Morgan fingerprint density at radius 1 is 0.926 bits per heavy atom. The minimum atomic E-state index is -0.0781. The van der Waals surface area contributed by atoms with Crippen LogP contribution in [0.25, 0.3) is 0 Å². The smallest absolute Gasteiger partial charge is 0.321 e. The van der Waals surface area contributed by atoms with Crippen LogP contribution in [0, 0.1) is 18.8 Å². The molecule has 1 aliphatic heterocycles. The van der Waals surface area contributed by atoms with Crippen molar-refractivity contribution in [2.45, 2.75) is 26.7 Å². The fourth-order valence-corrected chi connectivity index (χ4v) is 3.43. The topological polar surface area (TPSA) is 61.4 Å². The van der Waals surface area contributed by atoms with Gasteiger partial charge in [-0.1, -0.05) is 42.8 Å². The average molecular weight is 365 g/mol. The molecular weight excluding hydrogens is 338 g/mol. The number of hydrogen-bond donors (Lipinski definition) is 2. The largest absolute Gasteiger partial charge is 0.326 e. The number of benzene rings is 2. The summed E-state index contributed by atoms with van der Waals surface area (Å²) in [7, 11) is 0. The maximum atomic E-state index is 12.5. The molecule has 0 aliphatic carbocycles. The molecular formula is C22H27N3O2. The Morgan fingerprint density at radius 3 is 2.15 bits per heavy atom. The zero-order valence-corrected chi connectivity index (χ0v) is 15.9. The lowest BCUT2D eigenvalue weighted by atomic mass is 9.85. The highest BCUT2D eigenvalue weighted by Gasteiger charge is 2.29. The number of nitrogens with one attached hydrogen (secondary N) is 2. The normalized spacial score (nSPS) is 15.9. The molecule has 1 saturated heterocycles. The number of aryl methyl sites for hydroxylation is 1. The SMILES string of the molecule is Cc1ccc(NC(=O)[C@H](C)C2CCN(C(=O)Nc3ccccc3)CC2)cc1. The van der Waals surface area contributed by atoms with Gasteiger partial charge in [-0.3, -0.25) is 4.79 Å². The van der Waals surface area contributed by atoms with Crippen molar-refractivity contribution in [3.05, 3.63) is 60.2 Å². The first kappa shape index (κ1) is 19.0. The molecule has 5 nitrogen and oxygen atoms in total. The number of amides is 3. The van der Waals surface area contributed by atoms with Gasteiger partial charge in [0.2, 0.25) is 5.91 Å². The van der Waals surface area contributed by atoms with Crippen LogP contribution in [0.4, 0.5) is 16.2 Å². The molecule has 0 unspecified atom stereocenters. The van der Waals surface area contributed by atoms with Crippen LogP contribution in [-0.4, -0.2) is 29.9 Å². The number of piperidine rings is 1. The van der Waals surface area contributed by atoms with Crippen LogP contribution in [-0.2, 0) is 4.79 Å². The average Bonchev–Trinajstić information content (AvgIpc) is 2.70. The first-order valence-corrected chi connectivity index (χ1v) is 9.51. The van der Waals surface area contributed by atoms with Gasteiger partial charge in [-0.05, 0) is 49.9 Å². The van der Waals surface area contributed by atoms with Crippen LogP contribution in [0.2, 0.25) is 0 Å². The number of para-hydroxylation sites is 1. The molecule has 1 atom stereocenters. The van der Waals surface area contributed by atoms with Gasteiger partial charge in [0.25, 0.3) is 0 Å². The molecule has 0 spiro atoms. The van der Waals surface area contributed by atoms with Gasteiger partial charge in [0, 0.05) is 30.4 Å². The highest BCUT2D eigenvalue weighted by molar-refractivity contribution is 5.92. The van der Waals surface area contributed by atoms with Gasteiger partial charge in [0.1, 0.15) is 0 Å². The Morgan fingerprint density at radius 2 is 1.52 bits per heavy atom. The number of anilines is 2. The molecule has 1 aliphatic rings. The van der Waals surface area contributed by atoms with Gasteiger partial charge in [0.15, 0.2) is 0 Å². The number of likely N-dealkylation sites (tertiary alicyclic amines) is 1. The van der Waals surface area contributed by atoms with E-state index in [4.69, 9.17) is 0 Å². The van der Waals surface area contributed by atoms with Crippen molar-refractivity contribution < 1.29 is 9.59 Å². The lowest BCUT2D eigenvalue weighted by molar-refractivity contribution is -0.121. The Labute approximate surface area is 160 Å². The summed E-state index contributed by atoms with van der Waals surface area (Å²) in [6, 6.07) is 17.2. The summed E-state index contributed by atoms with van der Waals surface area (Å²) in [5.74, 6) is 0.257. The van der Waals surface area contributed by atoms with Gasteiger partial charge in [-0.2, -0.15) is 0 Å². The van der Waals surface area contributed by atoms with E-state index >= 15 is 0 Å². The van der Waals surface area contributed by atoms with Crippen molar-refractivity contribution in [1.29, 1.82) is 0 Å². The van der Waals surface area contributed by atoms with Gasteiger partial charge in [-0.25, -0.2) is 4.79 Å². The van der Waals surface area contributed by atoms with Crippen molar-refractivity contribution in [3.8, 4) is 0 Å². The van der Waals surface area contributed by atoms with Crippen molar-refractivity contribution in [3.63, 3.8) is 0 Å². The lowest BCUT2D eigenvalue weighted by Gasteiger charge is -2.34. The summed E-state index contributed by atoms with van der Waals surface area (Å²) < 4.78 is 0. The number of nitrogens with zero attached hydrogens (tertiary/aromatic N) is 1. The minimum Gasteiger partial charge on any atom is -0.326 e. The van der Waals surface area contributed by atoms with Gasteiger partial charge in [-0.15, -0.1) is 0 Å². The Kier molecular flexibility index (Phi) is 6.12. The number of rotatable bonds is 4. The highest BCUT2D eigenvalue weighted by Crippen LogP contribution is 2.26. The van der Waals surface area contributed by atoms with Crippen LogP contribution in [0.15, 0.2) is 54.6 Å². The van der Waals surface area contributed by atoms with E-state index in [0.717, 1.165) is 24.2 Å². The van der Waals surface area contributed by atoms with Crippen LogP contribution in [0.5, 0.6) is 0 Å². The van der Waals surface area contributed by atoms with Gasteiger partial charge >= 0.3 is 6.03 Å². The Hall–Kier alpha value is -2.82. The molecule has 1 fully saturated rings. The maximum absolute atomic E-state index is 12.5. The third-order valence-corrected chi connectivity index (χ3v) is 5.29. The highest BCUT2D eigenvalue weighted by atomic mass is 16.2. The van der Waals surface area contributed by atoms with E-state index in [-0.39, 0.29) is 23.8 Å². The molecule has 2 aromatic carbocycles. The predicted octanol–water partition coefficient (Wildman–Crippen LogP) is 4.51. The fourth-order valence-electron chi connectivity index (χ4n) is 3.43. The van der Waals surface area contributed by atoms with E-state index in [0.29, 0.717) is 13.1 Å². The number of carbonyl (C=O) groups is 2. The van der Waals surface area contributed by atoms with Crippen molar-refractivity contribution in [2.75, 3.05) is 23.7 Å². The van der Waals surface area contributed by atoms with Gasteiger partial charge in [0.05, 0.1) is 0 Å². The zero-order valence-electron chi connectivity index (χ0n) is 15.9. The second-order valence-corrected chi connectivity index (χ2v) is 7.26. The van der Waals surface area contributed by atoms with Crippen molar-refractivity contribution >= 4 is 23.3 Å². The third kappa shape index (κ3) is 5.09. The van der Waals surface area contributed by atoms with E-state index in [9.17, 15) is 9.59 Å². The van der Waals surface area contributed by atoms with Crippen LogP contribution in [0.3, 0.4) is 0 Å². The number of urea groups is 1. The van der Waals surface area contributed by atoms with E-state index in [1.54, 1.807) is 0 Å². The van der Waals surface area contributed by atoms with Crippen LogP contribution < -0.4 is 10.6 Å². The Bertz CT molecular complexity index is 766. The predicted molar refractivity (Wildman–Crippen MR) is 109 cm³/mol. The quantitative estimate of drug-likeness (QED) is 0.837. The fraction of sp³-hybridized carbons (Fsp3) is 0.364. The maximum Gasteiger partial charge on any atom is 0.321 e. The molecule has 27 heavy (non-hydrogen) atoms. The first-order valence-electron chi connectivity index (χ1n) is 9.51. The second kappa shape index (κ2) is 8.71.